The second-order valence-electron chi connectivity index (χ2n) is 1.97. The fourth-order valence-electron chi connectivity index (χ4n) is 0.525. The molecule has 0 rings (SSSR count). The highest BCUT2D eigenvalue weighted by molar-refractivity contribution is 4.92. The SMILES string of the molecule is C/C=C(/N)CCCC.CC.CC. The summed E-state index contributed by atoms with van der Waals surface area (Å²) in [4.78, 5) is 0. The van der Waals surface area contributed by atoms with E-state index in [0.29, 0.717) is 0 Å². The molecule has 0 atom stereocenters. The summed E-state index contributed by atoms with van der Waals surface area (Å²) >= 11 is 0. The van der Waals surface area contributed by atoms with Gasteiger partial charge in [0.1, 0.15) is 0 Å². The third-order valence-electron chi connectivity index (χ3n) is 1.19. The number of rotatable bonds is 3. The van der Waals surface area contributed by atoms with Crippen LogP contribution in [0.5, 0.6) is 0 Å². The van der Waals surface area contributed by atoms with Crippen molar-refractivity contribution >= 4 is 0 Å². The number of nitrogens with two attached hydrogens (primary N) is 1. The van der Waals surface area contributed by atoms with Crippen molar-refractivity contribution in [1.82, 2.24) is 0 Å². The second-order valence-corrected chi connectivity index (χ2v) is 1.97. The van der Waals surface area contributed by atoms with Gasteiger partial charge in [-0.15, -0.1) is 0 Å². The van der Waals surface area contributed by atoms with E-state index in [4.69, 9.17) is 5.73 Å². The number of hydrogen-bond acceptors (Lipinski definition) is 1. The van der Waals surface area contributed by atoms with Crippen LogP contribution in [0.2, 0.25) is 0 Å². The monoisotopic (exact) mass is 173 g/mol. The summed E-state index contributed by atoms with van der Waals surface area (Å²) < 4.78 is 0. The molecule has 0 aromatic rings. The van der Waals surface area contributed by atoms with Crippen LogP contribution in [0, 0.1) is 0 Å². The average molecular weight is 173 g/mol. The second kappa shape index (κ2) is 22.4. The van der Waals surface area contributed by atoms with Gasteiger partial charge in [-0.05, 0) is 19.8 Å². The molecule has 0 aromatic heterocycles. The molecule has 0 amide bonds. The van der Waals surface area contributed by atoms with E-state index in [0.717, 1.165) is 12.1 Å². The molecule has 0 unspecified atom stereocenters. The molecule has 0 fully saturated rings. The van der Waals surface area contributed by atoms with Gasteiger partial charge in [0, 0.05) is 5.70 Å². The summed E-state index contributed by atoms with van der Waals surface area (Å²) in [6.07, 6.45) is 5.48. The smallest absolute Gasteiger partial charge is 0.00371 e. The van der Waals surface area contributed by atoms with Gasteiger partial charge in [0.25, 0.3) is 0 Å². The van der Waals surface area contributed by atoms with Crippen LogP contribution in [-0.2, 0) is 0 Å². The summed E-state index contributed by atoms with van der Waals surface area (Å²) in [7, 11) is 0. The maximum atomic E-state index is 5.52. The van der Waals surface area contributed by atoms with Crippen LogP contribution >= 0.6 is 0 Å². The van der Waals surface area contributed by atoms with Gasteiger partial charge in [-0.1, -0.05) is 47.1 Å². The Kier molecular flexibility index (Phi) is 32.9. The lowest BCUT2D eigenvalue weighted by Crippen LogP contribution is -1.94. The molecule has 0 saturated carbocycles. The predicted molar refractivity (Wildman–Crippen MR) is 60.2 cm³/mol. The number of allylic oxidation sites excluding steroid dienone is 2. The van der Waals surface area contributed by atoms with Crippen LogP contribution in [0.15, 0.2) is 11.8 Å². The van der Waals surface area contributed by atoms with Crippen LogP contribution in [0.4, 0.5) is 0 Å². The molecule has 1 nitrogen and oxygen atoms in total. The fraction of sp³-hybridized carbons (Fsp3) is 0.818. The first-order valence-electron chi connectivity index (χ1n) is 5.22. The quantitative estimate of drug-likeness (QED) is 0.683. The van der Waals surface area contributed by atoms with Crippen molar-refractivity contribution in [3.8, 4) is 0 Å². The first-order valence-corrected chi connectivity index (χ1v) is 5.22. The molecule has 0 aliphatic carbocycles. The standard InChI is InChI=1S/C7H15N.2C2H6/c1-3-5-6-7(8)4-2;2*1-2/h4H,3,5-6,8H2,1-2H3;2*1-2H3/b7-4+;;. The Morgan fingerprint density at radius 3 is 1.83 bits per heavy atom. The molecule has 0 aliphatic rings. The molecule has 0 bridgehead atoms. The van der Waals surface area contributed by atoms with E-state index in [1.807, 2.05) is 40.7 Å². The van der Waals surface area contributed by atoms with Gasteiger partial charge in [0.15, 0.2) is 0 Å². The van der Waals surface area contributed by atoms with Gasteiger partial charge in [-0.2, -0.15) is 0 Å². The van der Waals surface area contributed by atoms with Crippen molar-refractivity contribution in [1.29, 1.82) is 0 Å². The lowest BCUT2D eigenvalue weighted by Gasteiger charge is -1.95. The van der Waals surface area contributed by atoms with Crippen LogP contribution in [-0.4, -0.2) is 0 Å². The van der Waals surface area contributed by atoms with E-state index in [1.165, 1.54) is 12.8 Å². The Bertz CT molecular complexity index is 75.1. The highest BCUT2D eigenvalue weighted by Crippen LogP contribution is 1.99. The minimum Gasteiger partial charge on any atom is -0.402 e. The number of unbranched alkanes of at least 4 members (excludes halogenated alkanes) is 1. The lowest BCUT2D eigenvalue weighted by atomic mass is 10.2. The van der Waals surface area contributed by atoms with Crippen molar-refractivity contribution in [3.63, 3.8) is 0 Å². The van der Waals surface area contributed by atoms with Crippen LogP contribution < -0.4 is 5.73 Å². The molecular formula is C11H27N. The molecule has 0 aliphatic heterocycles. The normalized spacial score (nSPS) is 9.00. The zero-order valence-electron chi connectivity index (χ0n) is 9.78. The van der Waals surface area contributed by atoms with Crippen molar-refractivity contribution in [2.24, 2.45) is 5.73 Å². The Balaban J connectivity index is -0.000000175. The largest absolute Gasteiger partial charge is 0.402 e. The summed E-state index contributed by atoms with van der Waals surface area (Å²) in [5.41, 5.74) is 6.54. The van der Waals surface area contributed by atoms with Gasteiger partial charge in [-0.25, -0.2) is 0 Å². The highest BCUT2D eigenvalue weighted by atomic mass is 14.6. The van der Waals surface area contributed by atoms with Crippen molar-refractivity contribution in [3.05, 3.63) is 11.8 Å². The van der Waals surface area contributed by atoms with Crippen molar-refractivity contribution in [2.45, 2.75) is 60.8 Å². The van der Waals surface area contributed by atoms with E-state index in [-0.39, 0.29) is 0 Å². The van der Waals surface area contributed by atoms with Crippen molar-refractivity contribution in [2.75, 3.05) is 0 Å². The fourth-order valence-corrected chi connectivity index (χ4v) is 0.525. The molecule has 76 valence electrons. The van der Waals surface area contributed by atoms with Crippen LogP contribution in [0.25, 0.3) is 0 Å². The lowest BCUT2D eigenvalue weighted by molar-refractivity contribution is 0.780. The first kappa shape index (κ1) is 17.6. The van der Waals surface area contributed by atoms with E-state index in [9.17, 15) is 0 Å². The van der Waals surface area contributed by atoms with Crippen molar-refractivity contribution < 1.29 is 0 Å². The topological polar surface area (TPSA) is 26.0 Å². The minimum absolute atomic E-state index is 1.02. The Hall–Kier alpha value is -0.460. The molecule has 12 heavy (non-hydrogen) atoms. The van der Waals surface area contributed by atoms with Crippen LogP contribution in [0.1, 0.15) is 60.8 Å². The van der Waals surface area contributed by atoms with Gasteiger partial charge in [-0.3, -0.25) is 0 Å². The zero-order valence-corrected chi connectivity index (χ0v) is 9.78. The maximum absolute atomic E-state index is 5.52. The van der Waals surface area contributed by atoms with E-state index in [2.05, 4.69) is 6.92 Å². The van der Waals surface area contributed by atoms with E-state index in [1.54, 1.807) is 0 Å². The summed E-state index contributed by atoms with van der Waals surface area (Å²) in [5, 5.41) is 0. The van der Waals surface area contributed by atoms with Crippen LogP contribution in [0.3, 0.4) is 0 Å². The zero-order chi connectivity index (χ0) is 10.4. The molecule has 0 spiro atoms. The highest BCUT2D eigenvalue weighted by Gasteiger charge is 1.84. The molecular weight excluding hydrogens is 146 g/mol. The van der Waals surface area contributed by atoms with Gasteiger partial charge >= 0.3 is 0 Å². The molecule has 0 heterocycles. The molecule has 2 N–H and O–H groups in total. The van der Waals surface area contributed by atoms with E-state index < -0.39 is 0 Å². The summed E-state index contributed by atoms with van der Waals surface area (Å²) in [5.74, 6) is 0. The summed E-state index contributed by atoms with van der Waals surface area (Å²) in [6.45, 7) is 12.1. The summed E-state index contributed by atoms with van der Waals surface area (Å²) in [6, 6.07) is 0. The Morgan fingerprint density at radius 2 is 1.58 bits per heavy atom. The molecule has 0 saturated heterocycles. The molecule has 0 aromatic carbocycles. The first-order chi connectivity index (χ1) is 5.81. The Labute approximate surface area is 79.1 Å². The average Bonchev–Trinajstić information content (AvgIpc) is 2.20. The minimum atomic E-state index is 1.02. The third-order valence-corrected chi connectivity index (χ3v) is 1.19. The third kappa shape index (κ3) is 22.7. The van der Waals surface area contributed by atoms with Gasteiger partial charge < -0.3 is 5.73 Å². The molecule has 0 radical (unpaired) electrons. The molecule has 1 heteroatoms. The van der Waals surface area contributed by atoms with Gasteiger partial charge in [0.2, 0.25) is 0 Å². The number of hydrogen-bond donors (Lipinski definition) is 1. The van der Waals surface area contributed by atoms with Gasteiger partial charge in [0.05, 0.1) is 0 Å². The maximum Gasteiger partial charge on any atom is 0.00371 e. The Morgan fingerprint density at radius 1 is 1.17 bits per heavy atom. The van der Waals surface area contributed by atoms with E-state index >= 15 is 0 Å². The predicted octanol–water partition coefficient (Wildman–Crippen LogP) is 4.09.